The summed E-state index contributed by atoms with van der Waals surface area (Å²) in [5.41, 5.74) is 0.662. The summed E-state index contributed by atoms with van der Waals surface area (Å²) >= 11 is 0. The van der Waals surface area contributed by atoms with E-state index in [0.717, 1.165) is 6.08 Å². The molecule has 0 bridgehead atoms. The van der Waals surface area contributed by atoms with Crippen molar-refractivity contribution in [2.45, 2.75) is 0 Å². The summed E-state index contributed by atoms with van der Waals surface area (Å²) in [4.78, 5) is 10.6. The lowest BCUT2D eigenvalue weighted by molar-refractivity contribution is -0.131. The first-order valence-corrected chi connectivity index (χ1v) is 6.46. The molecule has 0 aliphatic heterocycles. The van der Waals surface area contributed by atoms with Crippen molar-refractivity contribution in [2.75, 3.05) is 40.6 Å². The standard InChI is InChI=1S/C15H20O6/c1-18-7-8-20-9-10-21-14-11-13(19-2)5-3-12(14)4-6-15(16)17/h3-6,11H,7-10H2,1-2H3,(H,16,17). The van der Waals surface area contributed by atoms with E-state index in [4.69, 9.17) is 24.1 Å². The van der Waals surface area contributed by atoms with Gasteiger partial charge in [-0.25, -0.2) is 4.79 Å². The molecule has 6 nitrogen and oxygen atoms in total. The Morgan fingerprint density at radius 3 is 2.62 bits per heavy atom. The van der Waals surface area contributed by atoms with Crippen molar-refractivity contribution >= 4 is 12.0 Å². The van der Waals surface area contributed by atoms with Gasteiger partial charge in [-0.05, 0) is 18.2 Å². The van der Waals surface area contributed by atoms with Gasteiger partial charge in [-0.1, -0.05) is 0 Å². The van der Waals surface area contributed by atoms with Crippen LogP contribution in [0.4, 0.5) is 0 Å². The number of aliphatic carboxylic acids is 1. The van der Waals surface area contributed by atoms with Crippen molar-refractivity contribution in [3.05, 3.63) is 29.8 Å². The molecule has 21 heavy (non-hydrogen) atoms. The summed E-state index contributed by atoms with van der Waals surface area (Å²) in [6.45, 7) is 1.81. The van der Waals surface area contributed by atoms with Crippen LogP contribution in [0.15, 0.2) is 24.3 Å². The number of hydrogen-bond acceptors (Lipinski definition) is 5. The maximum atomic E-state index is 10.6. The smallest absolute Gasteiger partial charge is 0.328 e. The SMILES string of the molecule is COCCOCCOc1cc(OC)ccc1C=CC(=O)O. The molecule has 1 rings (SSSR count). The van der Waals surface area contributed by atoms with Crippen LogP contribution in [0.25, 0.3) is 6.08 Å². The number of carboxylic acid groups (broad SMARTS) is 1. The fraction of sp³-hybridized carbons (Fsp3) is 0.400. The molecule has 0 fully saturated rings. The van der Waals surface area contributed by atoms with Crippen LogP contribution in [-0.4, -0.2) is 51.7 Å². The van der Waals surface area contributed by atoms with Gasteiger partial charge in [0.05, 0.1) is 26.9 Å². The normalized spacial score (nSPS) is 10.8. The highest BCUT2D eigenvalue weighted by atomic mass is 16.5. The van der Waals surface area contributed by atoms with E-state index in [-0.39, 0.29) is 0 Å². The van der Waals surface area contributed by atoms with Gasteiger partial charge in [-0.15, -0.1) is 0 Å². The van der Waals surface area contributed by atoms with Crippen LogP contribution in [0.3, 0.4) is 0 Å². The maximum Gasteiger partial charge on any atom is 0.328 e. The number of rotatable bonds is 10. The van der Waals surface area contributed by atoms with Gasteiger partial charge in [0.15, 0.2) is 0 Å². The van der Waals surface area contributed by atoms with Crippen LogP contribution in [0.1, 0.15) is 5.56 Å². The van der Waals surface area contributed by atoms with Crippen LogP contribution in [0.5, 0.6) is 11.5 Å². The van der Waals surface area contributed by atoms with E-state index in [2.05, 4.69) is 0 Å². The molecule has 0 radical (unpaired) electrons. The Morgan fingerprint density at radius 1 is 1.19 bits per heavy atom. The Morgan fingerprint density at radius 2 is 1.95 bits per heavy atom. The summed E-state index contributed by atoms with van der Waals surface area (Å²) in [5.74, 6) is 0.166. The van der Waals surface area contributed by atoms with Gasteiger partial charge in [0.1, 0.15) is 18.1 Å². The Labute approximate surface area is 123 Å². The number of ether oxygens (including phenoxy) is 4. The van der Waals surface area contributed by atoms with E-state index >= 15 is 0 Å². The number of benzene rings is 1. The molecular weight excluding hydrogens is 276 g/mol. The highest BCUT2D eigenvalue weighted by molar-refractivity contribution is 5.86. The van der Waals surface area contributed by atoms with E-state index in [1.165, 1.54) is 6.08 Å². The Kier molecular flexibility index (Phi) is 7.93. The van der Waals surface area contributed by atoms with Gasteiger partial charge < -0.3 is 24.1 Å². The molecular formula is C15H20O6. The fourth-order valence-corrected chi connectivity index (χ4v) is 1.52. The van der Waals surface area contributed by atoms with Crippen molar-refractivity contribution in [1.29, 1.82) is 0 Å². The zero-order chi connectivity index (χ0) is 15.5. The first kappa shape index (κ1) is 17.0. The lowest BCUT2D eigenvalue weighted by atomic mass is 10.1. The average Bonchev–Trinajstić information content (AvgIpc) is 2.49. The van der Waals surface area contributed by atoms with E-state index in [1.807, 2.05) is 0 Å². The van der Waals surface area contributed by atoms with Gasteiger partial charge in [-0.3, -0.25) is 0 Å². The third kappa shape index (κ3) is 6.78. The zero-order valence-electron chi connectivity index (χ0n) is 12.2. The molecule has 0 saturated heterocycles. The van der Waals surface area contributed by atoms with E-state index in [0.29, 0.717) is 43.5 Å². The molecule has 1 aromatic rings. The summed E-state index contributed by atoms with van der Waals surface area (Å²) < 4.78 is 20.9. The van der Waals surface area contributed by atoms with Crippen molar-refractivity contribution in [1.82, 2.24) is 0 Å². The van der Waals surface area contributed by atoms with Gasteiger partial charge >= 0.3 is 5.97 Å². The van der Waals surface area contributed by atoms with Gasteiger partial charge in [0.2, 0.25) is 0 Å². The van der Waals surface area contributed by atoms with Crippen molar-refractivity contribution in [2.24, 2.45) is 0 Å². The Bertz CT molecular complexity index is 469. The summed E-state index contributed by atoms with van der Waals surface area (Å²) in [6, 6.07) is 5.18. The molecule has 0 heterocycles. The number of carboxylic acids is 1. The number of methoxy groups -OCH3 is 2. The second-order valence-corrected chi connectivity index (χ2v) is 4.03. The fourth-order valence-electron chi connectivity index (χ4n) is 1.52. The highest BCUT2D eigenvalue weighted by Gasteiger charge is 2.04. The molecule has 1 N–H and O–H groups in total. The third-order valence-electron chi connectivity index (χ3n) is 2.54. The van der Waals surface area contributed by atoms with Gasteiger partial charge in [0.25, 0.3) is 0 Å². The molecule has 116 valence electrons. The zero-order valence-corrected chi connectivity index (χ0v) is 12.2. The maximum absolute atomic E-state index is 10.6. The molecule has 0 amide bonds. The second kappa shape index (κ2) is 9.79. The highest BCUT2D eigenvalue weighted by Crippen LogP contribution is 2.26. The Balaban J connectivity index is 2.61. The van der Waals surface area contributed by atoms with Crippen molar-refractivity contribution < 1.29 is 28.8 Å². The molecule has 0 spiro atoms. The molecule has 6 heteroatoms. The quantitative estimate of drug-likeness (QED) is 0.524. The minimum Gasteiger partial charge on any atom is -0.497 e. The van der Waals surface area contributed by atoms with E-state index in [1.54, 1.807) is 32.4 Å². The van der Waals surface area contributed by atoms with Crippen LogP contribution >= 0.6 is 0 Å². The molecule has 0 aliphatic carbocycles. The number of carbonyl (C=O) groups is 1. The molecule has 0 atom stereocenters. The van der Waals surface area contributed by atoms with Crippen LogP contribution in [-0.2, 0) is 14.3 Å². The molecule has 0 aromatic heterocycles. The predicted octanol–water partition coefficient (Wildman–Crippen LogP) is 1.83. The lowest BCUT2D eigenvalue weighted by Gasteiger charge is -2.11. The summed E-state index contributed by atoms with van der Waals surface area (Å²) in [5, 5.41) is 8.68. The van der Waals surface area contributed by atoms with Crippen molar-refractivity contribution in [3.63, 3.8) is 0 Å². The predicted molar refractivity (Wildman–Crippen MR) is 77.9 cm³/mol. The van der Waals surface area contributed by atoms with Gasteiger partial charge in [0, 0.05) is 24.8 Å². The van der Waals surface area contributed by atoms with E-state index < -0.39 is 5.97 Å². The molecule has 0 saturated carbocycles. The minimum atomic E-state index is -1.01. The monoisotopic (exact) mass is 296 g/mol. The van der Waals surface area contributed by atoms with E-state index in [9.17, 15) is 4.79 Å². The molecule has 1 aromatic carbocycles. The first-order valence-electron chi connectivity index (χ1n) is 6.46. The lowest BCUT2D eigenvalue weighted by Crippen LogP contribution is -2.10. The Hall–Kier alpha value is -2.05. The van der Waals surface area contributed by atoms with Crippen molar-refractivity contribution in [3.8, 4) is 11.5 Å². The molecule has 0 unspecified atom stereocenters. The first-order chi connectivity index (χ1) is 10.2. The average molecular weight is 296 g/mol. The van der Waals surface area contributed by atoms with Crippen LogP contribution < -0.4 is 9.47 Å². The molecule has 0 aliphatic rings. The third-order valence-corrected chi connectivity index (χ3v) is 2.54. The van der Waals surface area contributed by atoms with Crippen LogP contribution in [0, 0.1) is 0 Å². The minimum absolute atomic E-state index is 0.352. The summed E-state index contributed by atoms with van der Waals surface area (Å²) in [7, 11) is 3.16. The van der Waals surface area contributed by atoms with Crippen LogP contribution in [0.2, 0.25) is 0 Å². The summed E-state index contributed by atoms with van der Waals surface area (Å²) in [6.07, 6.45) is 2.53. The largest absolute Gasteiger partial charge is 0.497 e. The second-order valence-electron chi connectivity index (χ2n) is 4.03. The topological polar surface area (TPSA) is 74.2 Å². The number of hydrogen-bond donors (Lipinski definition) is 1. The van der Waals surface area contributed by atoms with Gasteiger partial charge in [-0.2, -0.15) is 0 Å².